The number of hydrogen-bond acceptors (Lipinski definition) is 4. The van der Waals surface area contributed by atoms with Gasteiger partial charge < -0.3 is 9.08 Å². The Labute approximate surface area is 166 Å². The molecule has 28 heavy (non-hydrogen) atoms. The molecule has 0 saturated heterocycles. The summed E-state index contributed by atoms with van der Waals surface area (Å²) in [7, 11) is -3.95. The number of terminal acetylenes is 1. The monoisotopic (exact) mass is 391 g/mol. The van der Waals surface area contributed by atoms with Crippen LogP contribution in [0.3, 0.4) is 0 Å². The SMILES string of the molecule is C#CCN(Cc1ccccc1)c1ccccc1OS(=O)(=O)c1ccc(C)cc1. The first-order valence-corrected chi connectivity index (χ1v) is 10.2. The van der Waals surface area contributed by atoms with Gasteiger partial charge in [-0.15, -0.1) is 6.42 Å². The Kier molecular flexibility index (Phi) is 6.03. The molecule has 0 aliphatic heterocycles. The summed E-state index contributed by atoms with van der Waals surface area (Å²) in [6.07, 6.45) is 5.55. The highest BCUT2D eigenvalue weighted by atomic mass is 32.2. The Hall–Kier alpha value is -3.23. The van der Waals surface area contributed by atoms with E-state index in [1.807, 2.05) is 48.2 Å². The summed E-state index contributed by atoms with van der Waals surface area (Å²) in [6, 6.07) is 23.4. The third-order valence-corrected chi connectivity index (χ3v) is 5.46. The van der Waals surface area contributed by atoms with E-state index in [-0.39, 0.29) is 10.6 Å². The minimum Gasteiger partial charge on any atom is -0.377 e. The van der Waals surface area contributed by atoms with Gasteiger partial charge in [-0.2, -0.15) is 8.42 Å². The predicted molar refractivity (Wildman–Crippen MR) is 112 cm³/mol. The fourth-order valence-corrected chi connectivity index (χ4v) is 3.74. The molecule has 4 nitrogen and oxygen atoms in total. The molecular formula is C23H21NO3S. The summed E-state index contributed by atoms with van der Waals surface area (Å²) in [6.45, 7) is 2.75. The van der Waals surface area contributed by atoms with Crippen molar-refractivity contribution in [3.63, 3.8) is 0 Å². The number of hydrogen-bond donors (Lipinski definition) is 0. The standard InChI is InChI=1S/C23H21NO3S/c1-3-17-24(18-20-9-5-4-6-10-20)22-11-7-8-12-23(22)27-28(25,26)21-15-13-19(2)14-16-21/h1,4-16H,17-18H2,2H3. The lowest BCUT2D eigenvalue weighted by atomic mass is 10.2. The summed E-state index contributed by atoms with van der Waals surface area (Å²) in [5, 5.41) is 0. The number of rotatable bonds is 7. The van der Waals surface area contributed by atoms with Crippen LogP contribution in [0.15, 0.2) is 83.8 Å². The van der Waals surface area contributed by atoms with Crippen molar-refractivity contribution in [3.8, 4) is 18.1 Å². The number of anilines is 1. The summed E-state index contributed by atoms with van der Waals surface area (Å²) < 4.78 is 30.9. The van der Waals surface area contributed by atoms with Crippen LogP contribution in [0, 0.1) is 19.3 Å². The molecule has 0 amide bonds. The maximum Gasteiger partial charge on any atom is 0.339 e. The number of benzene rings is 3. The Bertz CT molecular complexity index is 1070. The largest absolute Gasteiger partial charge is 0.377 e. The van der Waals surface area contributed by atoms with Crippen LogP contribution in [0.25, 0.3) is 0 Å². The van der Waals surface area contributed by atoms with E-state index < -0.39 is 10.1 Å². The molecule has 0 spiro atoms. The van der Waals surface area contributed by atoms with E-state index in [9.17, 15) is 8.42 Å². The second-order valence-electron chi connectivity index (χ2n) is 6.36. The Balaban J connectivity index is 1.93. The van der Waals surface area contributed by atoms with Crippen LogP contribution in [0.5, 0.6) is 5.75 Å². The number of aryl methyl sites for hydroxylation is 1. The van der Waals surface area contributed by atoms with Crippen LogP contribution in [0.1, 0.15) is 11.1 Å². The summed E-state index contributed by atoms with van der Waals surface area (Å²) in [4.78, 5) is 2.02. The molecule has 0 aliphatic rings. The number of para-hydroxylation sites is 2. The van der Waals surface area contributed by atoms with Gasteiger partial charge in [0, 0.05) is 6.54 Å². The minimum atomic E-state index is -3.95. The second kappa shape index (κ2) is 8.64. The summed E-state index contributed by atoms with van der Waals surface area (Å²) >= 11 is 0. The quantitative estimate of drug-likeness (QED) is 0.442. The fraction of sp³-hybridized carbons (Fsp3) is 0.130. The van der Waals surface area contributed by atoms with Gasteiger partial charge in [-0.3, -0.25) is 0 Å². The maximum atomic E-state index is 12.7. The van der Waals surface area contributed by atoms with Crippen LogP contribution in [-0.2, 0) is 16.7 Å². The lowest BCUT2D eigenvalue weighted by molar-refractivity contribution is 0.485. The summed E-state index contributed by atoms with van der Waals surface area (Å²) in [5.74, 6) is 2.88. The molecular weight excluding hydrogens is 370 g/mol. The minimum absolute atomic E-state index is 0.111. The molecule has 0 heterocycles. The summed E-state index contributed by atoms with van der Waals surface area (Å²) in [5.41, 5.74) is 2.66. The molecule has 0 bridgehead atoms. The van der Waals surface area contributed by atoms with Crippen molar-refractivity contribution in [2.45, 2.75) is 18.4 Å². The van der Waals surface area contributed by atoms with E-state index in [0.29, 0.717) is 18.8 Å². The van der Waals surface area contributed by atoms with E-state index in [4.69, 9.17) is 10.6 Å². The fourth-order valence-electron chi connectivity index (χ4n) is 2.80. The van der Waals surface area contributed by atoms with E-state index in [2.05, 4.69) is 5.92 Å². The lowest BCUT2D eigenvalue weighted by Gasteiger charge is -2.24. The van der Waals surface area contributed by atoms with Crippen LogP contribution in [0.4, 0.5) is 5.69 Å². The van der Waals surface area contributed by atoms with Gasteiger partial charge >= 0.3 is 10.1 Å². The van der Waals surface area contributed by atoms with Crippen molar-refractivity contribution >= 4 is 15.8 Å². The third-order valence-electron chi connectivity index (χ3n) is 4.21. The Morgan fingerprint density at radius 1 is 0.929 bits per heavy atom. The molecule has 142 valence electrons. The average molecular weight is 391 g/mol. The van der Waals surface area contributed by atoms with E-state index >= 15 is 0 Å². The molecule has 0 N–H and O–H groups in total. The first kappa shape index (κ1) is 19.5. The van der Waals surface area contributed by atoms with E-state index in [1.165, 1.54) is 12.1 Å². The molecule has 0 saturated carbocycles. The normalized spacial score (nSPS) is 10.9. The van der Waals surface area contributed by atoms with Gasteiger partial charge in [0.2, 0.25) is 0 Å². The highest BCUT2D eigenvalue weighted by molar-refractivity contribution is 7.87. The zero-order valence-corrected chi connectivity index (χ0v) is 16.4. The van der Waals surface area contributed by atoms with Crippen LogP contribution < -0.4 is 9.08 Å². The highest BCUT2D eigenvalue weighted by Crippen LogP contribution is 2.31. The van der Waals surface area contributed by atoms with Gasteiger partial charge in [-0.05, 0) is 36.8 Å². The van der Waals surface area contributed by atoms with Crippen molar-refractivity contribution in [1.82, 2.24) is 0 Å². The zero-order valence-electron chi connectivity index (χ0n) is 15.6. The Morgan fingerprint density at radius 3 is 2.25 bits per heavy atom. The smallest absolute Gasteiger partial charge is 0.339 e. The van der Waals surface area contributed by atoms with Crippen LogP contribution in [-0.4, -0.2) is 15.0 Å². The van der Waals surface area contributed by atoms with E-state index in [1.54, 1.807) is 30.3 Å². The molecule has 0 aromatic heterocycles. The maximum absolute atomic E-state index is 12.7. The van der Waals surface area contributed by atoms with E-state index in [0.717, 1.165) is 11.1 Å². The second-order valence-corrected chi connectivity index (χ2v) is 7.91. The van der Waals surface area contributed by atoms with Gasteiger partial charge in [-0.25, -0.2) is 0 Å². The molecule has 0 unspecified atom stereocenters. The molecule has 5 heteroatoms. The van der Waals surface area contributed by atoms with Crippen LogP contribution >= 0.6 is 0 Å². The highest BCUT2D eigenvalue weighted by Gasteiger charge is 2.20. The molecule has 0 aliphatic carbocycles. The van der Waals surface area contributed by atoms with Gasteiger partial charge in [-0.1, -0.05) is 66.1 Å². The zero-order chi connectivity index (χ0) is 20.0. The van der Waals surface area contributed by atoms with Gasteiger partial charge in [0.15, 0.2) is 5.75 Å². The van der Waals surface area contributed by atoms with Crippen molar-refractivity contribution in [2.75, 3.05) is 11.4 Å². The first-order valence-electron chi connectivity index (χ1n) is 8.82. The molecule has 3 rings (SSSR count). The molecule has 3 aromatic rings. The third kappa shape index (κ3) is 4.73. The first-order chi connectivity index (χ1) is 13.5. The van der Waals surface area contributed by atoms with Crippen molar-refractivity contribution in [3.05, 3.63) is 90.0 Å². The van der Waals surface area contributed by atoms with Crippen molar-refractivity contribution in [2.24, 2.45) is 0 Å². The van der Waals surface area contributed by atoms with Crippen molar-refractivity contribution in [1.29, 1.82) is 0 Å². The topological polar surface area (TPSA) is 46.6 Å². The van der Waals surface area contributed by atoms with Gasteiger partial charge in [0.05, 0.1) is 12.2 Å². The number of nitrogens with zero attached hydrogens (tertiary/aromatic N) is 1. The van der Waals surface area contributed by atoms with Crippen LogP contribution in [0.2, 0.25) is 0 Å². The Morgan fingerprint density at radius 2 is 1.57 bits per heavy atom. The van der Waals surface area contributed by atoms with Crippen molar-refractivity contribution < 1.29 is 12.6 Å². The molecule has 0 atom stereocenters. The molecule has 3 aromatic carbocycles. The predicted octanol–water partition coefficient (Wildman–Crippen LogP) is 4.40. The molecule has 0 radical (unpaired) electrons. The van der Waals surface area contributed by atoms with Gasteiger partial charge in [0.25, 0.3) is 0 Å². The molecule has 0 fully saturated rings. The van der Waals surface area contributed by atoms with Gasteiger partial charge in [0.1, 0.15) is 4.90 Å². The lowest BCUT2D eigenvalue weighted by Crippen LogP contribution is -2.24. The average Bonchev–Trinajstić information content (AvgIpc) is 2.69.